The number of ether oxygens (including phenoxy) is 1. The molecule has 0 aliphatic heterocycles. The number of esters is 1. The third kappa shape index (κ3) is 9.98. The lowest BCUT2D eigenvalue weighted by atomic mass is 9.58. The van der Waals surface area contributed by atoms with E-state index in [-0.39, 0.29) is 5.97 Å². The largest absolute Gasteiger partial charge is 0.462 e. The molecule has 260 valence electrons. The highest BCUT2D eigenvalue weighted by Crippen LogP contribution is 2.52. The van der Waals surface area contributed by atoms with E-state index in [1.54, 1.807) is 51.4 Å². The van der Waals surface area contributed by atoms with Gasteiger partial charge in [0.15, 0.2) is 0 Å². The Morgan fingerprint density at radius 2 is 1.04 bits per heavy atom. The number of allylic oxidation sites excluding steroid dienone is 1. The summed E-state index contributed by atoms with van der Waals surface area (Å²) in [7, 11) is -0.941. The number of hydrogen-bond donors (Lipinski definition) is 0. The van der Waals surface area contributed by atoms with Crippen LogP contribution in [0.15, 0.2) is 11.1 Å². The van der Waals surface area contributed by atoms with E-state index in [4.69, 9.17) is 4.74 Å². The van der Waals surface area contributed by atoms with Gasteiger partial charge in [-0.25, -0.2) is 4.79 Å². The van der Waals surface area contributed by atoms with Crippen LogP contribution in [0.3, 0.4) is 0 Å². The van der Waals surface area contributed by atoms with Crippen molar-refractivity contribution in [3.8, 4) is 0 Å². The van der Waals surface area contributed by atoms with E-state index >= 15 is 0 Å². The summed E-state index contributed by atoms with van der Waals surface area (Å²) in [5.74, 6) is 9.05. The monoisotopic (exact) mass is 641 g/mol. The molecule has 0 bridgehead atoms. The zero-order valence-corrected chi connectivity index (χ0v) is 32.6. The first kappa shape index (κ1) is 37.2. The van der Waals surface area contributed by atoms with Gasteiger partial charge in [0.2, 0.25) is 0 Å². The Morgan fingerprint density at radius 1 is 0.644 bits per heavy atom. The fraction of sp³-hybridized carbons (Fsp3) is 0.929. The summed E-state index contributed by atoms with van der Waals surface area (Å²) in [6.07, 6.45) is 26.5. The van der Waals surface area contributed by atoms with Gasteiger partial charge in [0, 0.05) is 13.6 Å². The van der Waals surface area contributed by atoms with E-state index in [1.165, 1.54) is 57.8 Å². The maximum absolute atomic E-state index is 12.5. The molecule has 4 saturated carbocycles. The smallest absolute Gasteiger partial charge is 0.333 e. The highest BCUT2D eigenvalue weighted by Gasteiger charge is 2.42. The predicted octanol–water partition coefficient (Wildman–Crippen LogP) is 12.9. The van der Waals surface area contributed by atoms with Crippen LogP contribution in [0, 0.1) is 59.2 Å². The van der Waals surface area contributed by atoms with Crippen LogP contribution >= 0.6 is 0 Å². The lowest BCUT2D eigenvalue weighted by Crippen LogP contribution is -2.38. The number of carbonyl (C=O) groups excluding carboxylic acids is 1. The molecule has 3 atom stereocenters. The molecule has 0 aromatic rings. The molecule has 0 amide bonds. The molecule has 4 aliphatic rings. The number of hydrogen-bond acceptors (Lipinski definition) is 2. The first-order valence-corrected chi connectivity index (χ1v) is 23.8. The highest BCUT2D eigenvalue weighted by molar-refractivity contribution is 6.77. The number of carbonyl (C=O) groups is 1. The normalized spacial score (nSPS) is 37.1. The minimum absolute atomic E-state index is 0.111. The molecule has 0 N–H and O–H groups in total. The molecule has 2 nitrogen and oxygen atoms in total. The van der Waals surface area contributed by atoms with E-state index in [1.807, 2.05) is 20.8 Å². The first-order valence-electron chi connectivity index (χ1n) is 20.3. The van der Waals surface area contributed by atoms with Crippen LogP contribution in [0.2, 0.25) is 25.2 Å². The SMILES string of the molecule is CCC(COC(=O)C(C)=C(C)C)CC1C(CC)CC(C2CCC(C3CCC(C4CCC([Si](C)(C)C)CC4)CC3)CC2)CC1CC. The average Bonchev–Trinajstić information content (AvgIpc) is 3.05. The highest BCUT2D eigenvalue weighted by atomic mass is 28.3. The molecule has 4 fully saturated rings. The Balaban J connectivity index is 1.22. The van der Waals surface area contributed by atoms with E-state index in [9.17, 15) is 4.79 Å². The van der Waals surface area contributed by atoms with Crippen molar-refractivity contribution in [1.82, 2.24) is 0 Å². The van der Waals surface area contributed by atoms with Gasteiger partial charge in [0.25, 0.3) is 0 Å². The van der Waals surface area contributed by atoms with E-state index < -0.39 is 8.07 Å². The standard InChI is InChI=1S/C42H76O2Si/c1-10-31(28-44-42(43)30(6)29(4)5)25-41-32(11-2)26-39(27-33(41)12-3)38-19-17-35(18-20-38)34-13-15-36(16-14-34)37-21-23-40(24-22-37)45(7,8)9/h31-41H,10-28H2,1-9H3. The zero-order chi connectivity index (χ0) is 32.7. The van der Waals surface area contributed by atoms with Gasteiger partial charge in [-0.3, -0.25) is 0 Å². The van der Waals surface area contributed by atoms with Crippen molar-refractivity contribution >= 4 is 14.0 Å². The summed E-state index contributed by atoms with van der Waals surface area (Å²) >= 11 is 0. The van der Waals surface area contributed by atoms with Crippen LogP contribution in [0.4, 0.5) is 0 Å². The van der Waals surface area contributed by atoms with E-state index in [0.29, 0.717) is 12.5 Å². The van der Waals surface area contributed by atoms with Crippen molar-refractivity contribution < 1.29 is 9.53 Å². The van der Waals surface area contributed by atoms with Crippen LogP contribution in [-0.4, -0.2) is 20.7 Å². The maximum atomic E-state index is 12.5. The molecule has 4 aliphatic carbocycles. The Labute approximate surface area is 282 Å². The molecule has 0 radical (unpaired) electrons. The fourth-order valence-corrected chi connectivity index (χ4v) is 13.3. The van der Waals surface area contributed by atoms with E-state index in [2.05, 4.69) is 40.4 Å². The molecule has 0 heterocycles. The van der Waals surface area contributed by atoms with Gasteiger partial charge < -0.3 is 4.74 Å². The molecule has 45 heavy (non-hydrogen) atoms. The Hall–Kier alpha value is -0.573. The van der Waals surface area contributed by atoms with Crippen molar-refractivity contribution in [2.75, 3.05) is 6.61 Å². The second-order valence-electron chi connectivity index (χ2n) is 18.3. The molecule has 3 unspecified atom stereocenters. The van der Waals surface area contributed by atoms with Gasteiger partial charge in [-0.1, -0.05) is 90.9 Å². The molecule has 0 aromatic carbocycles. The molecule has 3 heteroatoms. The average molecular weight is 641 g/mol. The summed E-state index contributed by atoms with van der Waals surface area (Å²) in [6.45, 7) is 21.5. The van der Waals surface area contributed by atoms with Crippen LogP contribution in [0.5, 0.6) is 0 Å². The molecule has 0 saturated heterocycles. The van der Waals surface area contributed by atoms with Crippen LogP contribution in [0.1, 0.15) is 157 Å². The fourth-order valence-electron chi connectivity index (χ4n) is 11.2. The van der Waals surface area contributed by atoms with Crippen molar-refractivity contribution in [3.63, 3.8) is 0 Å². The predicted molar refractivity (Wildman–Crippen MR) is 197 cm³/mol. The summed E-state index contributed by atoms with van der Waals surface area (Å²) in [6, 6.07) is 0. The van der Waals surface area contributed by atoms with Crippen LogP contribution in [-0.2, 0) is 9.53 Å². The van der Waals surface area contributed by atoms with Gasteiger partial charge in [0.05, 0.1) is 6.61 Å². The summed E-state index contributed by atoms with van der Waals surface area (Å²) < 4.78 is 5.83. The molecule has 0 aromatic heterocycles. The van der Waals surface area contributed by atoms with Crippen molar-refractivity contribution in [3.05, 3.63) is 11.1 Å². The summed E-state index contributed by atoms with van der Waals surface area (Å²) in [5, 5.41) is 0. The number of rotatable bonds is 12. The second kappa shape index (κ2) is 17.2. The Bertz CT molecular complexity index is 905. The lowest BCUT2D eigenvalue weighted by molar-refractivity contribution is -0.140. The third-order valence-corrected chi connectivity index (χ3v) is 17.8. The molecule has 4 rings (SSSR count). The molecular weight excluding hydrogens is 565 g/mol. The van der Waals surface area contributed by atoms with Gasteiger partial charge in [-0.05, 0) is 156 Å². The Morgan fingerprint density at radius 3 is 1.40 bits per heavy atom. The van der Waals surface area contributed by atoms with Crippen molar-refractivity contribution in [1.29, 1.82) is 0 Å². The van der Waals surface area contributed by atoms with Gasteiger partial charge in [-0.2, -0.15) is 0 Å². The van der Waals surface area contributed by atoms with Crippen LogP contribution in [0.25, 0.3) is 0 Å². The minimum atomic E-state index is -0.941. The van der Waals surface area contributed by atoms with Gasteiger partial charge in [0.1, 0.15) is 0 Å². The summed E-state index contributed by atoms with van der Waals surface area (Å²) in [5.41, 5.74) is 2.94. The third-order valence-electron chi connectivity index (χ3n) is 14.8. The van der Waals surface area contributed by atoms with Crippen molar-refractivity contribution in [2.45, 2.75) is 182 Å². The quantitative estimate of drug-likeness (QED) is 0.120. The molecule has 0 spiro atoms. The van der Waals surface area contributed by atoms with Crippen molar-refractivity contribution in [2.24, 2.45) is 59.2 Å². The van der Waals surface area contributed by atoms with Gasteiger partial charge >= 0.3 is 5.97 Å². The lowest BCUT2D eigenvalue weighted by Gasteiger charge is -2.47. The summed E-state index contributed by atoms with van der Waals surface area (Å²) in [4.78, 5) is 12.5. The zero-order valence-electron chi connectivity index (χ0n) is 31.6. The molecular formula is C42H76O2Si. The topological polar surface area (TPSA) is 26.3 Å². The van der Waals surface area contributed by atoms with E-state index in [0.717, 1.165) is 76.4 Å². The van der Waals surface area contributed by atoms with Gasteiger partial charge in [-0.15, -0.1) is 0 Å². The first-order chi connectivity index (χ1) is 21.4. The maximum Gasteiger partial charge on any atom is 0.333 e. The second-order valence-corrected chi connectivity index (χ2v) is 23.8. The van der Waals surface area contributed by atoms with Crippen LogP contribution < -0.4 is 0 Å². The Kier molecular flexibility index (Phi) is 14.2. The minimum Gasteiger partial charge on any atom is -0.462 e.